The summed E-state index contributed by atoms with van der Waals surface area (Å²) in [5.74, 6) is 2.41. The molecular formula is C45H53ClN4O3S. The van der Waals surface area contributed by atoms with Crippen LogP contribution in [0, 0.1) is 25.7 Å². The Hall–Kier alpha value is -4.79. The van der Waals surface area contributed by atoms with Gasteiger partial charge in [-0.3, -0.25) is 14.8 Å². The van der Waals surface area contributed by atoms with Crippen LogP contribution in [-0.4, -0.2) is 38.8 Å². The standard InChI is InChI=1S/C23H23N3O.C17H20ClNOS.C5H10O/c1-15-8-9-16(2)19(14-15)22(26-20-7-3-4-12-24-20)18-11-10-17-6-5-13-25-21(17)23(18)27;1-10(2)8-15(21-4)11(3)13-9-14(18)12-6-5-7-19-16(12)17(13)20;1-4(2)5(3)6/h3-11,13-14,22,24,26-27H,12H2,1-2H3;5-11,20H,1-4H3;4H,1-3H3/b;15-8-;. The lowest BCUT2D eigenvalue weighted by Gasteiger charge is -2.26. The van der Waals surface area contributed by atoms with E-state index in [1.807, 2.05) is 68.5 Å². The number of hydrogen-bond donors (Lipinski definition) is 4. The van der Waals surface area contributed by atoms with Crippen LogP contribution in [0.4, 0.5) is 0 Å². The first-order chi connectivity index (χ1) is 25.7. The van der Waals surface area contributed by atoms with Gasteiger partial charge in [0.1, 0.15) is 28.3 Å². The van der Waals surface area contributed by atoms with E-state index in [4.69, 9.17) is 11.6 Å². The number of aromatic nitrogens is 2. The second-order valence-electron chi connectivity index (χ2n) is 14.1. The number of nitrogens with zero attached hydrogens (tertiary/aromatic N) is 2. The molecule has 3 heterocycles. The van der Waals surface area contributed by atoms with E-state index >= 15 is 0 Å². The fourth-order valence-corrected chi connectivity index (χ4v) is 7.05. The zero-order valence-electron chi connectivity index (χ0n) is 32.7. The Labute approximate surface area is 329 Å². The van der Waals surface area contributed by atoms with Gasteiger partial charge in [-0.05, 0) is 79.3 Å². The van der Waals surface area contributed by atoms with Crippen LogP contribution in [0.2, 0.25) is 5.02 Å². The highest BCUT2D eigenvalue weighted by Gasteiger charge is 2.23. The molecule has 0 radical (unpaired) electrons. The smallest absolute Gasteiger partial charge is 0.147 e. The van der Waals surface area contributed by atoms with Crippen LogP contribution in [0.25, 0.3) is 21.8 Å². The van der Waals surface area contributed by atoms with Gasteiger partial charge in [-0.1, -0.05) is 106 Å². The number of phenols is 2. The first-order valence-electron chi connectivity index (χ1n) is 18.3. The number of dihydropyridines is 1. The van der Waals surface area contributed by atoms with Crippen LogP contribution in [-0.2, 0) is 4.79 Å². The molecule has 6 rings (SSSR count). The van der Waals surface area contributed by atoms with Crippen LogP contribution in [0.3, 0.4) is 0 Å². The monoisotopic (exact) mass is 764 g/mol. The zero-order chi connectivity index (χ0) is 39.5. The molecule has 0 spiro atoms. The molecule has 2 atom stereocenters. The number of halogens is 1. The molecule has 1 aliphatic rings. The molecule has 2 aromatic heterocycles. The number of nitrogens with one attached hydrogen (secondary N) is 2. The van der Waals surface area contributed by atoms with E-state index in [0.29, 0.717) is 22.0 Å². The summed E-state index contributed by atoms with van der Waals surface area (Å²) in [6, 6.07) is 19.6. The lowest BCUT2D eigenvalue weighted by molar-refractivity contribution is -0.119. The van der Waals surface area contributed by atoms with E-state index in [9.17, 15) is 15.0 Å². The number of fused-ring (bicyclic) bond motifs is 2. The van der Waals surface area contributed by atoms with E-state index < -0.39 is 0 Å². The summed E-state index contributed by atoms with van der Waals surface area (Å²) in [5.41, 5.74) is 6.32. The van der Waals surface area contributed by atoms with Crippen LogP contribution in [0.15, 0.2) is 108 Å². The molecular weight excluding hydrogens is 712 g/mol. The van der Waals surface area contributed by atoms with Crippen molar-refractivity contribution in [1.29, 1.82) is 0 Å². The molecule has 2 unspecified atom stereocenters. The normalized spacial score (nSPS) is 13.7. The maximum Gasteiger partial charge on any atom is 0.147 e. The molecule has 0 bridgehead atoms. The fourth-order valence-electron chi connectivity index (χ4n) is 5.89. The van der Waals surface area contributed by atoms with Crippen molar-refractivity contribution in [3.8, 4) is 11.5 Å². The van der Waals surface area contributed by atoms with Gasteiger partial charge in [0.15, 0.2) is 0 Å². The van der Waals surface area contributed by atoms with Crippen LogP contribution < -0.4 is 10.6 Å². The number of ketones is 1. The molecule has 0 amide bonds. The van der Waals surface area contributed by atoms with Crippen molar-refractivity contribution in [1.82, 2.24) is 20.6 Å². The van der Waals surface area contributed by atoms with Crippen LogP contribution >= 0.6 is 23.4 Å². The van der Waals surface area contributed by atoms with Crippen molar-refractivity contribution in [3.63, 3.8) is 0 Å². The van der Waals surface area contributed by atoms with E-state index in [1.165, 1.54) is 16.0 Å². The largest absolute Gasteiger partial charge is 0.505 e. The number of pyridine rings is 2. The van der Waals surface area contributed by atoms with Gasteiger partial charge in [-0.2, -0.15) is 0 Å². The summed E-state index contributed by atoms with van der Waals surface area (Å²) in [6.45, 7) is 16.7. The average molecular weight is 765 g/mol. The number of benzene rings is 3. The number of carbonyl (C=O) groups is 1. The third-order valence-corrected chi connectivity index (χ3v) is 10.5. The third kappa shape index (κ3) is 10.7. The summed E-state index contributed by atoms with van der Waals surface area (Å²) in [4.78, 5) is 20.0. The van der Waals surface area contributed by atoms with Crippen molar-refractivity contribution in [2.24, 2.45) is 11.8 Å². The highest BCUT2D eigenvalue weighted by molar-refractivity contribution is 8.02. The van der Waals surface area contributed by atoms with Gasteiger partial charge >= 0.3 is 0 Å². The number of phenolic OH excluding ortho intramolecular Hbond substituents is 2. The highest BCUT2D eigenvalue weighted by atomic mass is 35.5. The zero-order valence-corrected chi connectivity index (χ0v) is 34.3. The molecule has 284 valence electrons. The number of Topliss-reactive ketones (excluding diaryl/α,β-unsaturated/α-hetero) is 1. The fraction of sp³-hybridized carbons (Fsp3) is 0.311. The molecule has 54 heavy (non-hydrogen) atoms. The quantitative estimate of drug-likeness (QED) is 0.118. The maximum absolute atomic E-state index is 11.0. The molecule has 0 saturated heterocycles. The number of hydrogen-bond acceptors (Lipinski definition) is 8. The van der Waals surface area contributed by atoms with Crippen molar-refractivity contribution in [2.45, 2.75) is 67.3 Å². The number of carbonyl (C=O) groups excluding carboxylic acids is 1. The molecule has 4 N–H and O–H groups in total. The highest BCUT2D eigenvalue weighted by Crippen LogP contribution is 2.42. The minimum atomic E-state index is -0.193. The minimum Gasteiger partial charge on any atom is -0.505 e. The second kappa shape index (κ2) is 19.5. The predicted octanol–water partition coefficient (Wildman–Crippen LogP) is 11.1. The van der Waals surface area contributed by atoms with Gasteiger partial charge in [0, 0.05) is 52.7 Å². The van der Waals surface area contributed by atoms with Gasteiger partial charge in [0.05, 0.1) is 16.9 Å². The molecule has 3 aromatic carbocycles. The Balaban J connectivity index is 0.000000215. The van der Waals surface area contributed by atoms with Gasteiger partial charge < -0.3 is 20.8 Å². The van der Waals surface area contributed by atoms with Gasteiger partial charge in [-0.25, -0.2) is 0 Å². The molecule has 0 aliphatic carbocycles. The molecule has 5 aromatic rings. The van der Waals surface area contributed by atoms with Crippen LogP contribution in [0.5, 0.6) is 11.5 Å². The average Bonchev–Trinajstić information content (AvgIpc) is 3.16. The Morgan fingerprint density at radius 3 is 2.20 bits per heavy atom. The molecule has 1 aliphatic heterocycles. The van der Waals surface area contributed by atoms with Crippen LogP contribution in [0.1, 0.15) is 81.3 Å². The van der Waals surface area contributed by atoms with Crippen molar-refractivity contribution in [2.75, 3.05) is 12.8 Å². The van der Waals surface area contributed by atoms with E-state index in [-0.39, 0.29) is 35.2 Å². The molecule has 9 heteroatoms. The Bertz CT molecular complexity index is 2180. The number of rotatable bonds is 9. The maximum atomic E-state index is 11.0. The SMILES string of the molecule is CC(=O)C(C)C.CS/C(=C\C(C)C)C(C)c1cc(Cl)c2cccnc2c1O.Cc1ccc(C)c(C(NC2=CC=CCN2)c2ccc3cccnc3c2O)c1. The van der Waals surface area contributed by atoms with Gasteiger partial charge in [0.2, 0.25) is 0 Å². The molecule has 7 nitrogen and oxygen atoms in total. The summed E-state index contributed by atoms with van der Waals surface area (Å²) >= 11 is 8.06. The van der Waals surface area contributed by atoms with E-state index in [0.717, 1.165) is 39.8 Å². The molecule has 0 saturated carbocycles. The first-order valence-corrected chi connectivity index (χ1v) is 19.9. The van der Waals surface area contributed by atoms with Crippen molar-refractivity contribution >= 4 is 51.0 Å². The van der Waals surface area contributed by atoms with Gasteiger partial charge in [0.25, 0.3) is 0 Å². The summed E-state index contributed by atoms with van der Waals surface area (Å²) < 4.78 is 0. The number of aryl methyl sites for hydroxylation is 2. The minimum absolute atomic E-state index is 0.0892. The first kappa shape index (κ1) is 42.0. The lowest BCUT2D eigenvalue weighted by Crippen LogP contribution is -2.32. The molecule has 0 fully saturated rings. The van der Waals surface area contributed by atoms with E-state index in [2.05, 4.69) is 91.8 Å². The predicted molar refractivity (Wildman–Crippen MR) is 228 cm³/mol. The summed E-state index contributed by atoms with van der Waals surface area (Å²) in [7, 11) is 0. The summed E-state index contributed by atoms with van der Waals surface area (Å²) in [6.07, 6.45) is 13.8. The lowest BCUT2D eigenvalue weighted by atomic mass is 9.92. The number of aromatic hydroxyl groups is 2. The topological polar surface area (TPSA) is 107 Å². The Kier molecular flexibility index (Phi) is 15.2. The number of thioether (sulfide) groups is 1. The third-order valence-electron chi connectivity index (χ3n) is 9.23. The summed E-state index contributed by atoms with van der Waals surface area (Å²) in [5, 5.41) is 30.8. The Morgan fingerprint density at radius 1 is 0.907 bits per heavy atom. The van der Waals surface area contributed by atoms with Crippen molar-refractivity contribution in [3.05, 3.63) is 141 Å². The second-order valence-corrected chi connectivity index (χ2v) is 15.4. The van der Waals surface area contributed by atoms with E-state index in [1.54, 1.807) is 31.1 Å². The Morgan fingerprint density at radius 2 is 1.57 bits per heavy atom. The van der Waals surface area contributed by atoms with Crippen molar-refractivity contribution < 1.29 is 15.0 Å². The van der Waals surface area contributed by atoms with Gasteiger partial charge in [-0.15, -0.1) is 11.8 Å². The number of allylic oxidation sites excluding steroid dienone is 4.